The van der Waals surface area contributed by atoms with Crippen molar-refractivity contribution >= 4 is 22.6 Å². The first-order valence-electron chi connectivity index (χ1n) is 7.85. The van der Waals surface area contributed by atoms with Gasteiger partial charge in [0.15, 0.2) is 0 Å². The first-order valence-corrected chi connectivity index (χ1v) is 8.23. The highest BCUT2D eigenvalue weighted by Crippen LogP contribution is 2.25. The third kappa shape index (κ3) is 4.06. The van der Waals surface area contributed by atoms with Crippen LogP contribution < -0.4 is 4.74 Å². The van der Waals surface area contributed by atoms with Crippen LogP contribution in [-0.4, -0.2) is 19.5 Å². The van der Waals surface area contributed by atoms with Crippen molar-refractivity contribution in [1.82, 2.24) is 19.5 Å². The molecule has 0 amide bonds. The van der Waals surface area contributed by atoms with E-state index < -0.39 is 0 Å². The Hall–Kier alpha value is -2.65. The lowest BCUT2D eigenvalue weighted by molar-refractivity contribution is 0.280. The van der Waals surface area contributed by atoms with Crippen LogP contribution in [0.15, 0.2) is 30.6 Å². The molecule has 0 bridgehead atoms. The summed E-state index contributed by atoms with van der Waals surface area (Å²) in [4.78, 5) is 12.4. The van der Waals surface area contributed by atoms with Crippen LogP contribution in [0.3, 0.4) is 0 Å². The Bertz CT molecular complexity index is 935. The predicted octanol–water partition coefficient (Wildman–Crippen LogP) is 3.98. The van der Waals surface area contributed by atoms with Crippen molar-refractivity contribution < 1.29 is 4.74 Å². The minimum atomic E-state index is 0.0419. The lowest BCUT2D eigenvalue weighted by atomic mass is 9.97. The molecule has 0 fully saturated rings. The summed E-state index contributed by atoms with van der Waals surface area (Å²) < 4.78 is 7.92. The standard InChI is InChI=1S/C18H18ClN5O/c1-18(2,3)11-24-13(10-25-14-4-5-15(19)21-9-14)6-12-8-22-16(7-20)23-17(12)24/h4-6,8-9H,10-11H2,1-3H3. The highest BCUT2D eigenvalue weighted by molar-refractivity contribution is 6.29. The van der Waals surface area contributed by atoms with Gasteiger partial charge in [0.2, 0.25) is 5.82 Å². The van der Waals surface area contributed by atoms with Crippen LogP contribution in [0.25, 0.3) is 11.0 Å². The van der Waals surface area contributed by atoms with Gasteiger partial charge in [0.1, 0.15) is 29.2 Å². The number of hydrogen-bond donors (Lipinski definition) is 0. The number of nitrogens with zero attached hydrogens (tertiary/aromatic N) is 5. The van der Waals surface area contributed by atoms with Crippen molar-refractivity contribution in [2.75, 3.05) is 0 Å². The van der Waals surface area contributed by atoms with E-state index in [2.05, 4.69) is 40.3 Å². The van der Waals surface area contributed by atoms with E-state index in [1.54, 1.807) is 24.5 Å². The Balaban J connectivity index is 1.96. The zero-order valence-electron chi connectivity index (χ0n) is 14.3. The topological polar surface area (TPSA) is 76.6 Å². The maximum absolute atomic E-state index is 9.08. The molecule has 3 aromatic heterocycles. The van der Waals surface area contributed by atoms with E-state index in [9.17, 15) is 0 Å². The molecule has 0 aliphatic rings. The smallest absolute Gasteiger partial charge is 0.234 e. The van der Waals surface area contributed by atoms with E-state index in [0.717, 1.165) is 23.3 Å². The van der Waals surface area contributed by atoms with Gasteiger partial charge >= 0.3 is 0 Å². The Morgan fingerprint density at radius 1 is 1.24 bits per heavy atom. The SMILES string of the molecule is CC(C)(C)Cn1c(COc2ccc(Cl)nc2)cc2cnc(C#N)nc21. The van der Waals surface area contributed by atoms with Crippen molar-refractivity contribution in [3.05, 3.63) is 47.3 Å². The van der Waals surface area contributed by atoms with Crippen LogP contribution in [0.5, 0.6) is 5.75 Å². The summed E-state index contributed by atoms with van der Waals surface area (Å²) in [5, 5.41) is 10.4. The fourth-order valence-corrected chi connectivity index (χ4v) is 2.63. The summed E-state index contributed by atoms with van der Waals surface area (Å²) in [6, 6.07) is 7.45. The molecule has 0 N–H and O–H groups in total. The van der Waals surface area contributed by atoms with Gasteiger partial charge in [0, 0.05) is 18.1 Å². The minimum absolute atomic E-state index is 0.0419. The molecule has 0 aliphatic carbocycles. The molecular formula is C18H18ClN5O. The van der Waals surface area contributed by atoms with Gasteiger partial charge in [-0.15, -0.1) is 0 Å². The van der Waals surface area contributed by atoms with Crippen LogP contribution in [0.4, 0.5) is 0 Å². The van der Waals surface area contributed by atoms with Gasteiger partial charge in [0.05, 0.1) is 11.9 Å². The van der Waals surface area contributed by atoms with Crippen molar-refractivity contribution in [2.24, 2.45) is 5.41 Å². The fraction of sp³-hybridized carbons (Fsp3) is 0.333. The van der Waals surface area contributed by atoms with E-state index in [-0.39, 0.29) is 11.2 Å². The minimum Gasteiger partial charge on any atom is -0.486 e. The quantitative estimate of drug-likeness (QED) is 0.661. The van der Waals surface area contributed by atoms with Gasteiger partial charge < -0.3 is 9.30 Å². The molecule has 7 heteroatoms. The molecule has 25 heavy (non-hydrogen) atoms. The van der Waals surface area contributed by atoms with E-state index >= 15 is 0 Å². The molecule has 0 atom stereocenters. The first-order chi connectivity index (χ1) is 11.9. The number of halogens is 1. The second kappa shape index (κ2) is 6.69. The van der Waals surface area contributed by atoms with Crippen molar-refractivity contribution in [2.45, 2.75) is 33.9 Å². The fourth-order valence-electron chi connectivity index (χ4n) is 2.52. The Labute approximate surface area is 151 Å². The first kappa shape index (κ1) is 17.2. The number of hydrogen-bond acceptors (Lipinski definition) is 5. The maximum Gasteiger partial charge on any atom is 0.234 e. The van der Waals surface area contributed by atoms with Gasteiger partial charge in [-0.05, 0) is 23.6 Å². The average Bonchev–Trinajstić information content (AvgIpc) is 2.89. The molecule has 3 rings (SSSR count). The number of fused-ring (bicyclic) bond motifs is 1. The number of pyridine rings is 1. The van der Waals surface area contributed by atoms with Crippen LogP contribution in [-0.2, 0) is 13.2 Å². The van der Waals surface area contributed by atoms with Crippen LogP contribution >= 0.6 is 11.6 Å². The van der Waals surface area contributed by atoms with Gasteiger partial charge in [0.25, 0.3) is 0 Å². The zero-order valence-corrected chi connectivity index (χ0v) is 15.1. The molecule has 0 saturated carbocycles. The molecule has 128 valence electrons. The Kier molecular flexibility index (Phi) is 4.60. The normalized spacial score (nSPS) is 11.5. The van der Waals surface area contributed by atoms with E-state index in [1.165, 1.54) is 0 Å². The van der Waals surface area contributed by atoms with E-state index in [4.69, 9.17) is 21.6 Å². The predicted molar refractivity (Wildman–Crippen MR) is 95.3 cm³/mol. The number of nitriles is 1. The lowest BCUT2D eigenvalue weighted by Gasteiger charge is -2.21. The number of ether oxygens (including phenoxy) is 1. The Morgan fingerprint density at radius 3 is 2.68 bits per heavy atom. The summed E-state index contributed by atoms with van der Waals surface area (Å²) in [6.45, 7) is 7.56. The monoisotopic (exact) mass is 355 g/mol. The summed E-state index contributed by atoms with van der Waals surface area (Å²) in [7, 11) is 0. The molecule has 0 aromatic carbocycles. The third-order valence-electron chi connectivity index (χ3n) is 3.54. The lowest BCUT2D eigenvalue weighted by Crippen LogP contribution is -2.18. The maximum atomic E-state index is 9.08. The molecule has 3 aromatic rings. The van der Waals surface area contributed by atoms with Gasteiger partial charge in [-0.3, -0.25) is 0 Å². The summed E-state index contributed by atoms with van der Waals surface area (Å²) in [5.74, 6) is 0.802. The third-order valence-corrected chi connectivity index (χ3v) is 3.76. The average molecular weight is 356 g/mol. The molecule has 0 radical (unpaired) electrons. The summed E-state index contributed by atoms with van der Waals surface area (Å²) in [6.07, 6.45) is 3.26. The molecule has 0 unspecified atom stereocenters. The zero-order chi connectivity index (χ0) is 18.0. The van der Waals surface area contributed by atoms with Crippen LogP contribution in [0, 0.1) is 16.7 Å². The van der Waals surface area contributed by atoms with Crippen LogP contribution in [0.1, 0.15) is 32.3 Å². The summed E-state index contributed by atoms with van der Waals surface area (Å²) >= 11 is 5.80. The van der Waals surface area contributed by atoms with Gasteiger partial charge in [-0.2, -0.15) is 5.26 Å². The van der Waals surface area contributed by atoms with E-state index in [0.29, 0.717) is 17.5 Å². The van der Waals surface area contributed by atoms with Gasteiger partial charge in [-0.1, -0.05) is 32.4 Å². The van der Waals surface area contributed by atoms with Crippen LogP contribution in [0.2, 0.25) is 5.15 Å². The van der Waals surface area contributed by atoms with Crippen molar-refractivity contribution in [3.63, 3.8) is 0 Å². The number of aromatic nitrogens is 4. The molecule has 0 saturated heterocycles. The highest BCUT2D eigenvalue weighted by atomic mass is 35.5. The number of rotatable bonds is 4. The largest absolute Gasteiger partial charge is 0.486 e. The molecule has 6 nitrogen and oxygen atoms in total. The van der Waals surface area contributed by atoms with E-state index in [1.807, 2.05) is 12.1 Å². The second-order valence-electron chi connectivity index (χ2n) is 6.97. The van der Waals surface area contributed by atoms with Gasteiger partial charge in [-0.25, -0.2) is 15.0 Å². The highest BCUT2D eigenvalue weighted by Gasteiger charge is 2.18. The molecule has 3 heterocycles. The van der Waals surface area contributed by atoms with Crippen molar-refractivity contribution in [3.8, 4) is 11.8 Å². The Morgan fingerprint density at radius 2 is 2.04 bits per heavy atom. The molecule has 0 aliphatic heterocycles. The second-order valence-corrected chi connectivity index (χ2v) is 7.36. The van der Waals surface area contributed by atoms with Crippen molar-refractivity contribution in [1.29, 1.82) is 5.26 Å². The molecule has 0 spiro atoms. The molecular weight excluding hydrogens is 338 g/mol. The summed E-state index contributed by atoms with van der Waals surface area (Å²) in [5.41, 5.74) is 1.75.